The van der Waals surface area contributed by atoms with Crippen LogP contribution in [-0.2, 0) is 4.74 Å². The van der Waals surface area contributed by atoms with E-state index in [4.69, 9.17) is 10.5 Å². The van der Waals surface area contributed by atoms with E-state index in [0.29, 0.717) is 24.9 Å². The lowest BCUT2D eigenvalue weighted by molar-refractivity contribution is 0.0846. The number of anilines is 1. The number of aliphatic hydroxyl groups excluding tert-OH is 1. The highest BCUT2D eigenvalue weighted by Crippen LogP contribution is 2.28. The Balaban J connectivity index is 1.93. The number of nitrogens with zero attached hydrogens (tertiary/aromatic N) is 1. The first kappa shape index (κ1) is 13.3. The van der Waals surface area contributed by atoms with Gasteiger partial charge < -0.3 is 15.6 Å². The van der Waals surface area contributed by atoms with Crippen LogP contribution < -0.4 is 5.73 Å². The fourth-order valence-corrected chi connectivity index (χ4v) is 2.16. The van der Waals surface area contributed by atoms with Gasteiger partial charge in [0.15, 0.2) is 0 Å². The number of methoxy groups -OCH3 is 1. The molecule has 0 heterocycles. The molecule has 1 fully saturated rings. The maximum absolute atomic E-state index is 10.3. The van der Waals surface area contributed by atoms with Gasteiger partial charge in [-0.05, 0) is 30.5 Å². The van der Waals surface area contributed by atoms with Crippen molar-refractivity contribution in [1.82, 2.24) is 4.90 Å². The molecule has 0 amide bonds. The summed E-state index contributed by atoms with van der Waals surface area (Å²) in [5.41, 5.74) is 7.32. The molecular formula is C14H22N2O2. The third kappa shape index (κ3) is 3.70. The van der Waals surface area contributed by atoms with E-state index < -0.39 is 6.10 Å². The minimum absolute atomic E-state index is 0.481. The summed E-state index contributed by atoms with van der Waals surface area (Å²) in [7, 11) is 1.71. The van der Waals surface area contributed by atoms with Crippen molar-refractivity contribution in [2.24, 2.45) is 0 Å². The van der Waals surface area contributed by atoms with Gasteiger partial charge in [-0.25, -0.2) is 0 Å². The summed E-state index contributed by atoms with van der Waals surface area (Å²) < 4.78 is 5.11. The van der Waals surface area contributed by atoms with Gasteiger partial charge in [0, 0.05) is 31.9 Å². The number of hydrogen-bond acceptors (Lipinski definition) is 4. The Kier molecular flexibility index (Phi) is 4.58. The van der Waals surface area contributed by atoms with Crippen LogP contribution in [0.25, 0.3) is 0 Å². The highest BCUT2D eigenvalue weighted by molar-refractivity contribution is 5.41. The third-order valence-corrected chi connectivity index (χ3v) is 3.35. The molecule has 100 valence electrons. The van der Waals surface area contributed by atoms with Crippen LogP contribution in [0.3, 0.4) is 0 Å². The quantitative estimate of drug-likeness (QED) is 0.718. The van der Waals surface area contributed by atoms with Gasteiger partial charge in [0.05, 0.1) is 12.7 Å². The number of aliphatic hydroxyl groups is 1. The number of nitrogen functional groups attached to an aromatic ring is 1. The molecule has 1 saturated carbocycles. The Morgan fingerprint density at radius 1 is 1.50 bits per heavy atom. The summed E-state index contributed by atoms with van der Waals surface area (Å²) in [6, 6.07) is 8.09. The first-order valence-corrected chi connectivity index (χ1v) is 6.47. The second kappa shape index (κ2) is 6.18. The van der Waals surface area contributed by atoms with Gasteiger partial charge in [-0.15, -0.1) is 0 Å². The van der Waals surface area contributed by atoms with E-state index in [2.05, 4.69) is 4.90 Å². The number of rotatable bonds is 7. The Morgan fingerprint density at radius 3 is 2.89 bits per heavy atom. The maximum atomic E-state index is 10.3. The zero-order chi connectivity index (χ0) is 13.0. The lowest BCUT2D eigenvalue weighted by Gasteiger charge is -2.24. The van der Waals surface area contributed by atoms with Gasteiger partial charge in [0.2, 0.25) is 0 Å². The standard InChI is InChI=1S/C14H22N2O2/c1-18-8-7-16(13-5-6-13)10-14(17)11-3-2-4-12(15)9-11/h2-4,9,13-14,17H,5-8,10,15H2,1H3. The van der Waals surface area contributed by atoms with E-state index >= 15 is 0 Å². The lowest BCUT2D eigenvalue weighted by Crippen LogP contribution is -2.33. The molecule has 0 spiro atoms. The van der Waals surface area contributed by atoms with Crippen LogP contribution in [0.1, 0.15) is 24.5 Å². The van der Waals surface area contributed by atoms with Gasteiger partial charge in [0.25, 0.3) is 0 Å². The molecule has 0 aliphatic heterocycles. The van der Waals surface area contributed by atoms with Crippen LogP contribution in [0.5, 0.6) is 0 Å². The molecule has 2 rings (SSSR count). The molecule has 0 aromatic heterocycles. The SMILES string of the molecule is COCCN(CC(O)c1cccc(N)c1)C1CC1. The molecule has 0 saturated heterocycles. The number of ether oxygens (including phenoxy) is 1. The van der Waals surface area contributed by atoms with Gasteiger partial charge in [-0.3, -0.25) is 4.90 Å². The van der Waals surface area contributed by atoms with Crippen molar-refractivity contribution in [2.45, 2.75) is 25.0 Å². The third-order valence-electron chi connectivity index (χ3n) is 3.35. The second-order valence-corrected chi connectivity index (χ2v) is 4.90. The molecule has 1 aromatic rings. The summed E-state index contributed by atoms with van der Waals surface area (Å²) in [6.45, 7) is 2.23. The number of nitrogens with two attached hydrogens (primary N) is 1. The Bertz CT molecular complexity index is 380. The average Bonchev–Trinajstić information content (AvgIpc) is 3.18. The summed E-state index contributed by atoms with van der Waals surface area (Å²) >= 11 is 0. The van der Waals surface area contributed by atoms with Gasteiger partial charge >= 0.3 is 0 Å². The van der Waals surface area contributed by atoms with E-state index in [1.807, 2.05) is 24.3 Å². The largest absolute Gasteiger partial charge is 0.399 e. The van der Waals surface area contributed by atoms with Crippen LogP contribution in [0.15, 0.2) is 24.3 Å². The lowest BCUT2D eigenvalue weighted by atomic mass is 10.1. The molecule has 0 bridgehead atoms. The molecule has 1 aliphatic carbocycles. The fourth-order valence-electron chi connectivity index (χ4n) is 2.16. The predicted molar refractivity (Wildman–Crippen MR) is 72.3 cm³/mol. The van der Waals surface area contributed by atoms with Crippen LogP contribution in [-0.4, -0.2) is 42.9 Å². The molecule has 1 atom stereocenters. The number of hydrogen-bond donors (Lipinski definition) is 2. The number of benzene rings is 1. The van der Waals surface area contributed by atoms with E-state index in [-0.39, 0.29) is 0 Å². The van der Waals surface area contributed by atoms with Crippen molar-refractivity contribution < 1.29 is 9.84 Å². The molecule has 0 radical (unpaired) electrons. The topological polar surface area (TPSA) is 58.7 Å². The molecule has 1 aliphatic rings. The molecule has 4 nitrogen and oxygen atoms in total. The van der Waals surface area contributed by atoms with E-state index in [1.165, 1.54) is 12.8 Å². The van der Waals surface area contributed by atoms with Crippen molar-refractivity contribution in [3.8, 4) is 0 Å². The minimum Gasteiger partial charge on any atom is -0.399 e. The summed E-state index contributed by atoms with van der Waals surface area (Å²) in [5, 5.41) is 10.3. The van der Waals surface area contributed by atoms with Crippen LogP contribution in [0.2, 0.25) is 0 Å². The molecule has 1 aromatic carbocycles. The highest BCUT2D eigenvalue weighted by atomic mass is 16.5. The van der Waals surface area contributed by atoms with Crippen molar-refractivity contribution >= 4 is 5.69 Å². The van der Waals surface area contributed by atoms with Crippen LogP contribution >= 0.6 is 0 Å². The summed E-state index contributed by atoms with van der Waals surface area (Å²) in [5.74, 6) is 0. The van der Waals surface area contributed by atoms with E-state index in [1.54, 1.807) is 7.11 Å². The van der Waals surface area contributed by atoms with Gasteiger partial charge in [-0.2, -0.15) is 0 Å². The first-order chi connectivity index (χ1) is 8.70. The minimum atomic E-state index is -0.481. The Morgan fingerprint density at radius 2 is 2.28 bits per heavy atom. The molecule has 18 heavy (non-hydrogen) atoms. The van der Waals surface area contributed by atoms with Gasteiger partial charge in [0.1, 0.15) is 0 Å². The first-order valence-electron chi connectivity index (χ1n) is 6.47. The van der Waals surface area contributed by atoms with Crippen molar-refractivity contribution in [2.75, 3.05) is 32.5 Å². The molecule has 4 heteroatoms. The molecular weight excluding hydrogens is 228 g/mol. The van der Waals surface area contributed by atoms with E-state index in [0.717, 1.165) is 12.1 Å². The molecule has 3 N–H and O–H groups in total. The summed E-state index contributed by atoms with van der Waals surface area (Å²) in [4.78, 5) is 2.30. The van der Waals surface area contributed by atoms with Crippen molar-refractivity contribution in [3.05, 3.63) is 29.8 Å². The Hall–Kier alpha value is -1.10. The maximum Gasteiger partial charge on any atom is 0.0917 e. The predicted octanol–water partition coefficient (Wildman–Crippen LogP) is 1.41. The Labute approximate surface area is 108 Å². The summed E-state index contributed by atoms with van der Waals surface area (Å²) in [6.07, 6.45) is 1.98. The van der Waals surface area contributed by atoms with Crippen LogP contribution in [0, 0.1) is 0 Å². The smallest absolute Gasteiger partial charge is 0.0917 e. The highest BCUT2D eigenvalue weighted by Gasteiger charge is 2.30. The zero-order valence-corrected chi connectivity index (χ0v) is 10.9. The second-order valence-electron chi connectivity index (χ2n) is 4.90. The van der Waals surface area contributed by atoms with E-state index in [9.17, 15) is 5.11 Å². The average molecular weight is 250 g/mol. The molecule has 1 unspecified atom stereocenters. The van der Waals surface area contributed by atoms with Crippen LogP contribution in [0.4, 0.5) is 5.69 Å². The van der Waals surface area contributed by atoms with Gasteiger partial charge in [-0.1, -0.05) is 12.1 Å². The van der Waals surface area contributed by atoms with Crippen molar-refractivity contribution in [1.29, 1.82) is 0 Å². The monoisotopic (exact) mass is 250 g/mol. The van der Waals surface area contributed by atoms with Crippen molar-refractivity contribution in [3.63, 3.8) is 0 Å². The fraction of sp³-hybridized carbons (Fsp3) is 0.571. The zero-order valence-electron chi connectivity index (χ0n) is 10.9. The normalized spacial score (nSPS) is 17.1.